The van der Waals surface area contributed by atoms with Crippen molar-refractivity contribution in [3.8, 4) is 5.69 Å². The second-order valence-corrected chi connectivity index (χ2v) is 6.37. The Hall–Kier alpha value is -2.16. The van der Waals surface area contributed by atoms with Crippen LogP contribution in [0.3, 0.4) is 0 Å². The second-order valence-electron chi connectivity index (χ2n) is 4.81. The van der Waals surface area contributed by atoms with Gasteiger partial charge in [0.05, 0.1) is 15.7 Å². The molecule has 0 aliphatic heterocycles. The minimum absolute atomic E-state index is 0.165. The standard InChI is InChI=1S/C14H8Cl2N6OS/c1-24-14-17-13-19-18-11-9(22(13)20-14)5-6-21(12(11)23)8-4-2-3-7(15)10(8)16/h2-6H,1H3. The third-order valence-corrected chi connectivity index (χ3v) is 4.80. The van der Waals surface area contributed by atoms with Crippen molar-refractivity contribution in [2.75, 3.05) is 6.26 Å². The lowest BCUT2D eigenvalue weighted by atomic mass is 10.3. The SMILES string of the molecule is CSc1nc2nnc3c(=O)n(-c4cccc(Cl)c4Cl)ccc3n2n1. The zero-order valence-corrected chi connectivity index (χ0v) is 14.5. The predicted molar refractivity (Wildman–Crippen MR) is 93.5 cm³/mol. The van der Waals surface area contributed by atoms with Crippen LogP contribution in [0.1, 0.15) is 0 Å². The van der Waals surface area contributed by atoms with E-state index in [1.165, 1.54) is 20.8 Å². The fourth-order valence-corrected chi connectivity index (χ4v) is 3.06. The van der Waals surface area contributed by atoms with Crippen LogP contribution in [0.2, 0.25) is 10.0 Å². The van der Waals surface area contributed by atoms with Crippen LogP contribution in [0.5, 0.6) is 0 Å². The van der Waals surface area contributed by atoms with E-state index < -0.39 is 0 Å². The number of nitrogens with zero attached hydrogens (tertiary/aromatic N) is 6. The lowest BCUT2D eigenvalue weighted by molar-refractivity contribution is 0.885. The summed E-state index contributed by atoms with van der Waals surface area (Å²) < 4.78 is 2.88. The highest BCUT2D eigenvalue weighted by Gasteiger charge is 2.15. The smallest absolute Gasteiger partial charge is 0.281 e. The van der Waals surface area contributed by atoms with Crippen LogP contribution in [0.15, 0.2) is 40.4 Å². The fraction of sp³-hybridized carbons (Fsp3) is 0.0714. The van der Waals surface area contributed by atoms with E-state index in [0.29, 0.717) is 32.2 Å². The monoisotopic (exact) mass is 378 g/mol. The van der Waals surface area contributed by atoms with Gasteiger partial charge in [-0.15, -0.1) is 15.3 Å². The van der Waals surface area contributed by atoms with E-state index in [2.05, 4.69) is 20.3 Å². The highest BCUT2D eigenvalue weighted by molar-refractivity contribution is 7.98. The molecule has 4 rings (SSSR count). The first kappa shape index (κ1) is 15.4. The Morgan fingerprint density at radius 2 is 2.00 bits per heavy atom. The summed E-state index contributed by atoms with van der Waals surface area (Å²) in [5.41, 5.74) is 0.791. The van der Waals surface area contributed by atoms with Crippen molar-refractivity contribution in [2.45, 2.75) is 5.16 Å². The van der Waals surface area contributed by atoms with Gasteiger partial charge in [-0.1, -0.05) is 41.0 Å². The average Bonchev–Trinajstić information content (AvgIpc) is 3.02. The summed E-state index contributed by atoms with van der Waals surface area (Å²) in [6.07, 6.45) is 3.46. The summed E-state index contributed by atoms with van der Waals surface area (Å²) in [7, 11) is 0. The van der Waals surface area contributed by atoms with Crippen molar-refractivity contribution in [1.29, 1.82) is 0 Å². The molecule has 0 aliphatic rings. The number of pyridine rings is 1. The maximum absolute atomic E-state index is 12.8. The van der Waals surface area contributed by atoms with Crippen LogP contribution in [0, 0.1) is 0 Å². The molecule has 0 saturated heterocycles. The van der Waals surface area contributed by atoms with Gasteiger partial charge in [0, 0.05) is 6.20 Å². The van der Waals surface area contributed by atoms with Gasteiger partial charge >= 0.3 is 0 Å². The molecule has 4 aromatic rings. The van der Waals surface area contributed by atoms with Gasteiger partial charge in [-0.05, 0) is 24.5 Å². The maximum atomic E-state index is 12.8. The van der Waals surface area contributed by atoms with E-state index >= 15 is 0 Å². The highest BCUT2D eigenvalue weighted by Crippen LogP contribution is 2.27. The molecular formula is C14H8Cl2N6OS. The summed E-state index contributed by atoms with van der Waals surface area (Å²) in [6, 6.07) is 6.79. The Morgan fingerprint density at radius 1 is 1.17 bits per heavy atom. The molecule has 0 N–H and O–H groups in total. The minimum atomic E-state index is -0.368. The van der Waals surface area contributed by atoms with Crippen molar-refractivity contribution in [3.05, 3.63) is 50.9 Å². The van der Waals surface area contributed by atoms with Crippen LogP contribution in [-0.2, 0) is 0 Å². The molecule has 0 spiro atoms. The molecular weight excluding hydrogens is 371 g/mol. The number of halogens is 2. The average molecular weight is 379 g/mol. The summed E-state index contributed by atoms with van der Waals surface area (Å²) in [5, 5.41) is 13.5. The Morgan fingerprint density at radius 3 is 2.79 bits per heavy atom. The number of hydrogen-bond donors (Lipinski definition) is 0. The van der Waals surface area contributed by atoms with Gasteiger partial charge in [-0.2, -0.15) is 9.50 Å². The molecule has 1 aromatic carbocycles. The number of thioether (sulfide) groups is 1. The molecule has 120 valence electrons. The van der Waals surface area contributed by atoms with Crippen LogP contribution >= 0.6 is 35.0 Å². The summed E-state index contributed by atoms with van der Waals surface area (Å²) >= 11 is 13.6. The van der Waals surface area contributed by atoms with E-state index in [4.69, 9.17) is 23.2 Å². The van der Waals surface area contributed by atoms with Gasteiger partial charge in [0.1, 0.15) is 5.52 Å². The first-order chi connectivity index (χ1) is 11.6. The van der Waals surface area contributed by atoms with E-state index in [1.807, 2.05) is 6.26 Å². The topological polar surface area (TPSA) is 78.0 Å². The second kappa shape index (κ2) is 5.73. The number of benzene rings is 1. The van der Waals surface area contributed by atoms with Crippen molar-refractivity contribution in [3.63, 3.8) is 0 Å². The first-order valence-electron chi connectivity index (χ1n) is 6.73. The van der Waals surface area contributed by atoms with E-state index in [-0.39, 0.29) is 11.1 Å². The summed E-state index contributed by atoms with van der Waals surface area (Å²) in [6.45, 7) is 0. The molecule has 3 aromatic heterocycles. The van der Waals surface area contributed by atoms with Gasteiger partial charge in [-0.3, -0.25) is 9.36 Å². The van der Waals surface area contributed by atoms with Crippen LogP contribution in [0.25, 0.3) is 22.5 Å². The molecule has 24 heavy (non-hydrogen) atoms. The quantitative estimate of drug-likeness (QED) is 0.499. The summed E-state index contributed by atoms with van der Waals surface area (Å²) in [5.74, 6) is 0.338. The molecule has 0 radical (unpaired) electrons. The van der Waals surface area contributed by atoms with E-state index in [1.54, 1.807) is 30.5 Å². The molecule has 0 saturated carbocycles. The van der Waals surface area contributed by atoms with Crippen LogP contribution < -0.4 is 5.56 Å². The molecule has 0 bridgehead atoms. The number of fused-ring (bicyclic) bond motifs is 3. The van der Waals surface area contributed by atoms with Gasteiger partial charge < -0.3 is 0 Å². The zero-order chi connectivity index (χ0) is 16.8. The molecule has 3 heterocycles. The van der Waals surface area contributed by atoms with E-state index in [9.17, 15) is 4.79 Å². The van der Waals surface area contributed by atoms with Crippen molar-refractivity contribution >= 4 is 51.8 Å². The molecule has 0 unspecified atom stereocenters. The van der Waals surface area contributed by atoms with Gasteiger partial charge in [-0.25, -0.2) is 0 Å². The molecule has 0 atom stereocenters. The molecule has 0 aliphatic carbocycles. The normalized spacial score (nSPS) is 11.5. The molecule has 0 fully saturated rings. The Bertz CT molecular complexity index is 1160. The fourth-order valence-electron chi connectivity index (χ4n) is 2.34. The lowest BCUT2D eigenvalue weighted by Crippen LogP contribution is -2.20. The van der Waals surface area contributed by atoms with Crippen LogP contribution in [0.4, 0.5) is 0 Å². The molecule has 10 heteroatoms. The predicted octanol–water partition coefficient (Wildman–Crippen LogP) is 2.85. The van der Waals surface area contributed by atoms with Gasteiger partial charge in [0.25, 0.3) is 11.3 Å². The number of aromatic nitrogens is 6. The summed E-state index contributed by atoms with van der Waals surface area (Å²) in [4.78, 5) is 17.0. The van der Waals surface area contributed by atoms with E-state index in [0.717, 1.165) is 0 Å². The highest BCUT2D eigenvalue weighted by atomic mass is 35.5. The molecule has 7 nitrogen and oxygen atoms in total. The first-order valence-corrected chi connectivity index (χ1v) is 8.71. The van der Waals surface area contributed by atoms with Gasteiger partial charge in [0.2, 0.25) is 5.16 Å². The van der Waals surface area contributed by atoms with Crippen molar-refractivity contribution < 1.29 is 0 Å². The third-order valence-electron chi connectivity index (χ3n) is 3.46. The number of hydrogen-bond acceptors (Lipinski definition) is 6. The van der Waals surface area contributed by atoms with Crippen LogP contribution in [-0.4, -0.2) is 35.6 Å². The largest absolute Gasteiger partial charge is 0.285 e. The number of rotatable bonds is 2. The van der Waals surface area contributed by atoms with Crippen molar-refractivity contribution in [2.24, 2.45) is 0 Å². The minimum Gasteiger partial charge on any atom is -0.281 e. The third kappa shape index (κ3) is 2.26. The van der Waals surface area contributed by atoms with Gasteiger partial charge in [0.15, 0.2) is 5.52 Å². The Balaban J connectivity index is 2.04. The molecule has 0 amide bonds. The maximum Gasteiger partial charge on any atom is 0.285 e. The van der Waals surface area contributed by atoms with Crippen molar-refractivity contribution in [1.82, 2.24) is 29.4 Å². The zero-order valence-electron chi connectivity index (χ0n) is 12.1. The lowest BCUT2D eigenvalue weighted by Gasteiger charge is -2.09. The Kier molecular flexibility index (Phi) is 3.67. The Labute approximate surface area is 149 Å².